The molecule has 13 nitrogen and oxygen atoms in total. The number of aromatic amines is 1. The van der Waals surface area contributed by atoms with E-state index in [2.05, 4.69) is 30.3 Å². The topological polar surface area (TPSA) is 199 Å². The Bertz CT molecular complexity index is 1570. The number of nitrogens with zero attached hydrogens (tertiary/aromatic N) is 2. The molecular formula is C26H24N6O7. The highest BCUT2D eigenvalue weighted by atomic mass is 16.5. The zero-order chi connectivity index (χ0) is 27.9. The number of amides is 2. The van der Waals surface area contributed by atoms with E-state index in [1.807, 2.05) is 6.07 Å². The summed E-state index contributed by atoms with van der Waals surface area (Å²) in [5.41, 5.74) is 8.58. The highest BCUT2D eigenvalue weighted by molar-refractivity contribution is 6.08. The van der Waals surface area contributed by atoms with E-state index >= 15 is 0 Å². The zero-order valence-corrected chi connectivity index (χ0v) is 20.7. The number of carbonyl (C=O) groups is 4. The summed E-state index contributed by atoms with van der Waals surface area (Å²) in [6, 6.07) is 12.3. The quantitative estimate of drug-likeness (QED) is 0.228. The minimum atomic E-state index is -1.15. The Balaban J connectivity index is 0.000000247. The lowest BCUT2D eigenvalue weighted by Crippen LogP contribution is -2.26. The van der Waals surface area contributed by atoms with Gasteiger partial charge in [-0.1, -0.05) is 18.2 Å². The number of H-pyrrole nitrogens is 1. The molecule has 2 aromatic carbocycles. The minimum Gasteiger partial charge on any atom is -0.482 e. The highest BCUT2D eigenvalue weighted by Crippen LogP contribution is 2.28. The van der Waals surface area contributed by atoms with Crippen LogP contribution in [0.25, 0.3) is 11.0 Å². The molecule has 0 unspecified atom stereocenters. The van der Waals surface area contributed by atoms with E-state index in [0.29, 0.717) is 23.5 Å². The highest BCUT2D eigenvalue weighted by Gasteiger charge is 2.20. The number of rotatable bonds is 6. The van der Waals surface area contributed by atoms with E-state index in [4.69, 9.17) is 15.6 Å². The van der Waals surface area contributed by atoms with Gasteiger partial charge in [0, 0.05) is 19.3 Å². The third-order valence-corrected chi connectivity index (χ3v) is 5.62. The molecule has 2 amide bonds. The number of aromatic nitrogens is 3. The summed E-state index contributed by atoms with van der Waals surface area (Å²) in [6.07, 6.45) is 2.41. The van der Waals surface area contributed by atoms with Crippen molar-refractivity contribution in [3.63, 3.8) is 0 Å². The fourth-order valence-electron chi connectivity index (χ4n) is 3.72. The number of carbonyl (C=O) groups excluding carboxylic acids is 3. The Morgan fingerprint density at radius 3 is 2.72 bits per heavy atom. The first-order valence-electron chi connectivity index (χ1n) is 11.6. The van der Waals surface area contributed by atoms with Crippen molar-refractivity contribution in [2.45, 2.75) is 13.1 Å². The van der Waals surface area contributed by atoms with E-state index in [9.17, 15) is 19.2 Å². The summed E-state index contributed by atoms with van der Waals surface area (Å²) < 4.78 is 9.84. The molecule has 0 fully saturated rings. The lowest BCUT2D eigenvalue weighted by Gasteiger charge is -2.18. The van der Waals surface area contributed by atoms with Crippen molar-refractivity contribution in [3.05, 3.63) is 82.9 Å². The maximum Gasteiger partial charge on any atom is 0.339 e. The van der Waals surface area contributed by atoms with Crippen molar-refractivity contribution in [2.75, 3.05) is 19.0 Å². The second kappa shape index (κ2) is 11.8. The van der Waals surface area contributed by atoms with Gasteiger partial charge in [0.05, 0.1) is 23.9 Å². The fourth-order valence-corrected chi connectivity index (χ4v) is 3.72. The number of aromatic carboxylic acids is 1. The molecule has 0 radical (unpaired) electrons. The molecule has 4 aromatic rings. The van der Waals surface area contributed by atoms with Crippen molar-refractivity contribution in [2.24, 2.45) is 5.73 Å². The average molecular weight is 533 g/mol. The zero-order valence-electron chi connectivity index (χ0n) is 20.7. The average Bonchev–Trinajstić information content (AvgIpc) is 3.40. The van der Waals surface area contributed by atoms with Gasteiger partial charge in [0.15, 0.2) is 12.3 Å². The van der Waals surface area contributed by atoms with Gasteiger partial charge in [-0.2, -0.15) is 0 Å². The van der Waals surface area contributed by atoms with Crippen LogP contribution in [0.15, 0.2) is 55.0 Å². The molecular weight excluding hydrogens is 508 g/mol. The van der Waals surface area contributed by atoms with Crippen LogP contribution in [0.3, 0.4) is 0 Å². The van der Waals surface area contributed by atoms with E-state index in [1.54, 1.807) is 36.4 Å². The summed E-state index contributed by atoms with van der Waals surface area (Å²) in [7, 11) is 1.36. The summed E-state index contributed by atoms with van der Waals surface area (Å²) in [5, 5.41) is 14.6. The number of fused-ring (bicyclic) bond motifs is 2. The molecule has 39 heavy (non-hydrogen) atoms. The maximum absolute atomic E-state index is 12.5. The summed E-state index contributed by atoms with van der Waals surface area (Å²) >= 11 is 0. The number of esters is 1. The molecule has 0 saturated carbocycles. The first-order chi connectivity index (χ1) is 18.8. The standard InChI is InChI=1S/C17H13N5O5.C9H11NO2/c23-12-6-27-11-2-1-8(3-10(11)22-12)4-19-16(24)15-14-13(20-7-21-15)9(5-18-14)17(25)26;1-12-9(11)8-4-2-3-7(5-8)6-10/h1-3,5,7,18H,4,6H2,(H,19,24)(H,22,23)(H,25,26);2-5H,6,10H2,1H3. The number of carboxylic acid groups (broad SMARTS) is 1. The molecule has 13 heteroatoms. The van der Waals surface area contributed by atoms with Crippen molar-refractivity contribution in [1.82, 2.24) is 20.3 Å². The molecule has 0 saturated heterocycles. The van der Waals surface area contributed by atoms with E-state index < -0.39 is 11.9 Å². The Morgan fingerprint density at radius 1 is 1.15 bits per heavy atom. The van der Waals surface area contributed by atoms with Crippen LogP contribution in [0.4, 0.5) is 5.69 Å². The smallest absolute Gasteiger partial charge is 0.339 e. The van der Waals surface area contributed by atoms with Crippen LogP contribution in [-0.2, 0) is 22.6 Å². The van der Waals surface area contributed by atoms with Crippen LogP contribution >= 0.6 is 0 Å². The van der Waals surface area contributed by atoms with Gasteiger partial charge >= 0.3 is 11.9 Å². The van der Waals surface area contributed by atoms with Crippen LogP contribution in [0, 0.1) is 0 Å². The maximum atomic E-state index is 12.5. The van der Waals surface area contributed by atoms with Gasteiger partial charge in [-0.3, -0.25) is 9.59 Å². The van der Waals surface area contributed by atoms with Gasteiger partial charge in [0.25, 0.3) is 11.8 Å². The number of ether oxygens (including phenoxy) is 2. The Hall–Kier alpha value is -5.30. The van der Waals surface area contributed by atoms with Crippen LogP contribution in [0.5, 0.6) is 5.75 Å². The predicted molar refractivity (Wildman–Crippen MR) is 138 cm³/mol. The van der Waals surface area contributed by atoms with Crippen molar-refractivity contribution >= 4 is 40.5 Å². The van der Waals surface area contributed by atoms with Gasteiger partial charge in [0.2, 0.25) is 0 Å². The number of methoxy groups -OCH3 is 1. The number of carboxylic acids is 1. The molecule has 1 aliphatic heterocycles. The number of nitrogens with one attached hydrogen (secondary N) is 3. The van der Waals surface area contributed by atoms with Gasteiger partial charge in [-0.05, 0) is 35.4 Å². The van der Waals surface area contributed by atoms with Crippen LogP contribution in [0.1, 0.15) is 42.3 Å². The second-order valence-electron chi connectivity index (χ2n) is 8.20. The van der Waals surface area contributed by atoms with Gasteiger partial charge in [0.1, 0.15) is 23.2 Å². The summed E-state index contributed by atoms with van der Waals surface area (Å²) in [4.78, 5) is 56.7. The molecule has 200 valence electrons. The van der Waals surface area contributed by atoms with E-state index in [-0.39, 0.29) is 47.3 Å². The number of benzene rings is 2. The van der Waals surface area contributed by atoms with Crippen LogP contribution in [-0.4, -0.2) is 57.5 Å². The summed E-state index contributed by atoms with van der Waals surface area (Å²) in [5.74, 6) is -1.64. The van der Waals surface area contributed by atoms with E-state index in [0.717, 1.165) is 17.5 Å². The normalized spacial score (nSPS) is 11.8. The van der Waals surface area contributed by atoms with Crippen molar-refractivity contribution < 1.29 is 33.8 Å². The molecule has 6 N–H and O–H groups in total. The molecule has 0 bridgehead atoms. The predicted octanol–water partition coefficient (Wildman–Crippen LogP) is 1.85. The Labute approximate surface area is 221 Å². The first kappa shape index (κ1) is 26.8. The third kappa shape index (κ3) is 6.17. The monoisotopic (exact) mass is 532 g/mol. The second-order valence-corrected chi connectivity index (χ2v) is 8.20. The Morgan fingerprint density at radius 2 is 1.97 bits per heavy atom. The molecule has 0 aliphatic carbocycles. The molecule has 0 spiro atoms. The van der Waals surface area contributed by atoms with Crippen molar-refractivity contribution in [3.8, 4) is 5.75 Å². The molecule has 5 rings (SSSR count). The van der Waals surface area contributed by atoms with Gasteiger partial charge < -0.3 is 35.9 Å². The SMILES string of the molecule is COC(=O)c1cccc(CN)c1.O=C1COc2ccc(CNC(=O)c3ncnc4c(C(=O)O)c[nH]c34)cc2N1. The van der Waals surface area contributed by atoms with Gasteiger partial charge in [-0.15, -0.1) is 0 Å². The molecule has 3 heterocycles. The van der Waals surface area contributed by atoms with Crippen molar-refractivity contribution in [1.29, 1.82) is 0 Å². The number of hydrogen-bond acceptors (Lipinski definition) is 9. The lowest BCUT2D eigenvalue weighted by atomic mass is 10.1. The fraction of sp³-hybridized carbons (Fsp3) is 0.154. The molecule has 2 aromatic heterocycles. The number of hydrogen-bond donors (Lipinski definition) is 5. The third-order valence-electron chi connectivity index (χ3n) is 5.62. The van der Waals surface area contributed by atoms with Gasteiger partial charge in [-0.25, -0.2) is 19.6 Å². The molecule has 0 atom stereocenters. The van der Waals surface area contributed by atoms with Crippen LogP contribution < -0.4 is 21.1 Å². The Kier molecular flexibility index (Phi) is 8.12. The number of nitrogens with two attached hydrogens (primary N) is 1. The van der Waals surface area contributed by atoms with E-state index in [1.165, 1.54) is 13.3 Å². The summed E-state index contributed by atoms with van der Waals surface area (Å²) in [6.45, 7) is 0.589. The minimum absolute atomic E-state index is 0.0265. The first-order valence-corrected chi connectivity index (χ1v) is 11.6. The lowest BCUT2D eigenvalue weighted by molar-refractivity contribution is -0.118. The van der Waals surface area contributed by atoms with Crippen LogP contribution in [0.2, 0.25) is 0 Å². The number of anilines is 1. The largest absolute Gasteiger partial charge is 0.482 e. The molecule has 1 aliphatic rings.